The normalized spacial score (nSPS) is 14.5. The van der Waals surface area contributed by atoms with Crippen LogP contribution in [0.2, 0.25) is 0 Å². The van der Waals surface area contributed by atoms with Crippen molar-refractivity contribution in [3.63, 3.8) is 0 Å². The molecule has 162 valence electrons. The fourth-order valence-corrected chi connectivity index (χ4v) is 5.06. The average molecular weight is 433 g/mol. The first-order valence-electron chi connectivity index (χ1n) is 10.0. The number of hydrogen-bond acceptors (Lipinski definition) is 5. The molecule has 0 aromatic heterocycles. The minimum absolute atomic E-state index is 0.100. The van der Waals surface area contributed by atoms with Crippen molar-refractivity contribution in [1.29, 1.82) is 0 Å². The van der Waals surface area contributed by atoms with Gasteiger partial charge in [0.1, 0.15) is 11.5 Å². The maximum Gasteiger partial charge on any atom is 0.243 e. The Bertz CT molecular complexity index is 945. The van der Waals surface area contributed by atoms with Crippen molar-refractivity contribution in [2.45, 2.75) is 37.1 Å². The van der Waals surface area contributed by atoms with Crippen LogP contribution in [0.4, 0.5) is 0 Å². The van der Waals surface area contributed by atoms with Gasteiger partial charge in [-0.25, -0.2) is 8.42 Å². The number of ether oxygens (including phenoxy) is 2. The minimum atomic E-state index is -3.41. The van der Waals surface area contributed by atoms with Crippen LogP contribution >= 0.6 is 0 Å². The second-order valence-electron chi connectivity index (χ2n) is 7.17. The smallest absolute Gasteiger partial charge is 0.243 e. The highest BCUT2D eigenvalue weighted by molar-refractivity contribution is 7.89. The molecule has 8 heteroatoms. The summed E-state index contributed by atoms with van der Waals surface area (Å²) in [5.41, 5.74) is 1.70. The Morgan fingerprint density at radius 3 is 2.17 bits per heavy atom. The van der Waals surface area contributed by atoms with Gasteiger partial charge in [0.25, 0.3) is 0 Å². The van der Waals surface area contributed by atoms with E-state index in [9.17, 15) is 13.2 Å². The molecule has 1 N–H and O–H groups in total. The summed E-state index contributed by atoms with van der Waals surface area (Å²) in [4.78, 5) is 12.6. The molecule has 0 saturated carbocycles. The second kappa shape index (κ2) is 9.95. The van der Waals surface area contributed by atoms with Crippen LogP contribution in [-0.4, -0.2) is 45.9 Å². The number of rotatable bonds is 9. The highest BCUT2D eigenvalue weighted by atomic mass is 32.2. The average Bonchev–Trinajstić information content (AvgIpc) is 3.32. The largest absolute Gasteiger partial charge is 0.496 e. The molecule has 30 heavy (non-hydrogen) atoms. The van der Waals surface area contributed by atoms with Crippen molar-refractivity contribution in [2.24, 2.45) is 0 Å². The van der Waals surface area contributed by atoms with E-state index in [1.807, 2.05) is 18.2 Å². The fourth-order valence-electron chi connectivity index (χ4n) is 3.54. The monoisotopic (exact) mass is 432 g/mol. The highest BCUT2D eigenvalue weighted by Crippen LogP contribution is 2.28. The highest BCUT2D eigenvalue weighted by Gasteiger charge is 2.26. The third kappa shape index (κ3) is 5.12. The van der Waals surface area contributed by atoms with Gasteiger partial charge < -0.3 is 14.8 Å². The number of amides is 1. The zero-order valence-electron chi connectivity index (χ0n) is 17.4. The minimum Gasteiger partial charge on any atom is -0.496 e. The lowest BCUT2D eigenvalue weighted by Gasteiger charge is -2.15. The number of nitrogens with zero attached hydrogens (tertiary/aromatic N) is 1. The maximum atomic E-state index is 12.6. The van der Waals surface area contributed by atoms with E-state index in [1.54, 1.807) is 38.5 Å². The summed E-state index contributed by atoms with van der Waals surface area (Å²) in [6, 6.07) is 12.3. The molecule has 0 unspecified atom stereocenters. The Kier molecular flexibility index (Phi) is 7.33. The molecule has 0 bridgehead atoms. The molecule has 1 fully saturated rings. The van der Waals surface area contributed by atoms with E-state index in [0.29, 0.717) is 48.9 Å². The van der Waals surface area contributed by atoms with Crippen LogP contribution in [0.25, 0.3) is 0 Å². The standard InChI is InChI=1S/C22H28N2O5S/c1-28-20-6-5-7-21(29-2)19(20)16-23-22(25)13-10-17-8-11-18(12-9-17)30(26,27)24-14-3-4-15-24/h5-9,11-12H,3-4,10,13-16H2,1-2H3,(H,23,25). The molecule has 1 aliphatic rings. The molecule has 0 spiro atoms. The zero-order valence-corrected chi connectivity index (χ0v) is 18.2. The summed E-state index contributed by atoms with van der Waals surface area (Å²) in [5.74, 6) is 1.21. The van der Waals surface area contributed by atoms with E-state index < -0.39 is 10.0 Å². The maximum absolute atomic E-state index is 12.6. The summed E-state index contributed by atoms with van der Waals surface area (Å²) in [6.07, 6.45) is 2.65. The number of carbonyl (C=O) groups excluding carboxylic acids is 1. The van der Waals surface area contributed by atoms with Gasteiger partial charge in [-0.3, -0.25) is 4.79 Å². The molecule has 1 heterocycles. The van der Waals surface area contributed by atoms with Gasteiger partial charge in [0.05, 0.1) is 31.2 Å². The topological polar surface area (TPSA) is 84.9 Å². The molecule has 7 nitrogen and oxygen atoms in total. The third-order valence-corrected chi connectivity index (χ3v) is 7.17. The Hall–Kier alpha value is -2.58. The Labute approximate surface area is 178 Å². The molecule has 3 rings (SSSR count). The van der Waals surface area contributed by atoms with Gasteiger partial charge in [0.2, 0.25) is 15.9 Å². The number of sulfonamides is 1. The van der Waals surface area contributed by atoms with Gasteiger partial charge in [-0.1, -0.05) is 18.2 Å². The molecular weight excluding hydrogens is 404 g/mol. The number of carbonyl (C=O) groups is 1. The zero-order chi connectivity index (χ0) is 21.6. The van der Waals surface area contributed by atoms with E-state index in [1.165, 1.54) is 4.31 Å². The Balaban J connectivity index is 1.54. The molecule has 1 saturated heterocycles. The second-order valence-corrected chi connectivity index (χ2v) is 9.11. The summed E-state index contributed by atoms with van der Waals surface area (Å²) < 4.78 is 37.4. The summed E-state index contributed by atoms with van der Waals surface area (Å²) >= 11 is 0. The van der Waals surface area contributed by atoms with Crippen LogP contribution < -0.4 is 14.8 Å². The van der Waals surface area contributed by atoms with E-state index in [0.717, 1.165) is 24.0 Å². The first-order chi connectivity index (χ1) is 14.5. The van der Waals surface area contributed by atoms with Crippen LogP contribution in [0, 0.1) is 0 Å². The molecule has 2 aromatic carbocycles. The van der Waals surface area contributed by atoms with Crippen molar-refractivity contribution in [3.05, 3.63) is 53.6 Å². The van der Waals surface area contributed by atoms with Crippen molar-refractivity contribution in [2.75, 3.05) is 27.3 Å². The van der Waals surface area contributed by atoms with Gasteiger partial charge in [0.15, 0.2) is 0 Å². The Morgan fingerprint density at radius 2 is 1.60 bits per heavy atom. The first kappa shape index (κ1) is 22.1. The number of methoxy groups -OCH3 is 2. The molecule has 2 aromatic rings. The van der Waals surface area contributed by atoms with Gasteiger partial charge in [0, 0.05) is 19.5 Å². The van der Waals surface area contributed by atoms with Crippen molar-refractivity contribution < 1.29 is 22.7 Å². The third-order valence-electron chi connectivity index (χ3n) is 5.26. The summed E-state index contributed by atoms with van der Waals surface area (Å²) in [5, 5.41) is 2.89. The fraction of sp³-hybridized carbons (Fsp3) is 0.409. The lowest BCUT2D eigenvalue weighted by molar-refractivity contribution is -0.121. The van der Waals surface area contributed by atoms with Crippen LogP contribution in [-0.2, 0) is 27.8 Å². The summed E-state index contributed by atoms with van der Waals surface area (Å²) in [6.45, 7) is 1.47. The SMILES string of the molecule is COc1cccc(OC)c1CNC(=O)CCc1ccc(S(=O)(=O)N2CCCC2)cc1. The van der Waals surface area contributed by atoms with Gasteiger partial charge in [-0.2, -0.15) is 4.31 Å². The van der Waals surface area contributed by atoms with Crippen molar-refractivity contribution >= 4 is 15.9 Å². The van der Waals surface area contributed by atoms with Crippen molar-refractivity contribution in [3.8, 4) is 11.5 Å². The lowest BCUT2D eigenvalue weighted by atomic mass is 10.1. The molecule has 0 atom stereocenters. The van der Waals surface area contributed by atoms with E-state index in [-0.39, 0.29) is 5.91 Å². The first-order valence-corrected chi connectivity index (χ1v) is 11.5. The number of benzene rings is 2. The summed E-state index contributed by atoms with van der Waals surface area (Å²) in [7, 11) is -0.255. The van der Waals surface area contributed by atoms with Gasteiger partial charge in [-0.05, 0) is 49.1 Å². The lowest BCUT2D eigenvalue weighted by Crippen LogP contribution is -2.27. The Morgan fingerprint density at radius 1 is 1.00 bits per heavy atom. The van der Waals surface area contributed by atoms with E-state index >= 15 is 0 Å². The molecule has 0 radical (unpaired) electrons. The molecule has 0 aliphatic carbocycles. The number of nitrogens with one attached hydrogen (secondary N) is 1. The van der Waals surface area contributed by atoms with Crippen LogP contribution in [0.5, 0.6) is 11.5 Å². The predicted octanol–water partition coefficient (Wildman–Crippen LogP) is 2.74. The van der Waals surface area contributed by atoms with Gasteiger partial charge in [-0.15, -0.1) is 0 Å². The van der Waals surface area contributed by atoms with Gasteiger partial charge >= 0.3 is 0 Å². The van der Waals surface area contributed by atoms with E-state index in [2.05, 4.69) is 5.32 Å². The quantitative estimate of drug-likeness (QED) is 0.659. The van der Waals surface area contributed by atoms with Crippen LogP contribution in [0.15, 0.2) is 47.4 Å². The molecule has 1 aliphatic heterocycles. The molecular formula is C22H28N2O5S. The number of aryl methyl sites for hydroxylation is 1. The predicted molar refractivity (Wildman–Crippen MR) is 114 cm³/mol. The molecule has 1 amide bonds. The van der Waals surface area contributed by atoms with Crippen LogP contribution in [0.3, 0.4) is 0 Å². The van der Waals surface area contributed by atoms with Crippen LogP contribution in [0.1, 0.15) is 30.4 Å². The van der Waals surface area contributed by atoms with Crippen molar-refractivity contribution in [1.82, 2.24) is 9.62 Å². The van der Waals surface area contributed by atoms with E-state index in [4.69, 9.17) is 9.47 Å². The number of hydrogen-bond donors (Lipinski definition) is 1.